The Labute approximate surface area is 98.3 Å². The van der Waals surface area contributed by atoms with Gasteiger partial charge in [-0.1, -0.05) is 6.07 Å². The number of hydrogen-bond donors (Lipinski definition) is 1. The summed E-state index contributed by atoms with van der Waals surface area (Å²) in [5.41, 5.74) is 1.92. The molecule has 3 aromatic rings. The standard InChI is InChI=1S/C13H11N3O/c1-9-5-6-13(16-15-9)17-12-4-2-3-11-10(12)7-8-14-11/h2-8,14H,1H3. The van der Waals surface area contributed by atoms with Gasteiger partial charge in [0.2, 0.25) is 5.88 Å². The molecule has 0 radical (unpaired) electrons. The van der Waals surface area contributed by atoms with Crippen LogP contribution in [-0.2, 0) is 0 Å². The summed E-state index contributed by atoms with van der Waals surface area (Å²) in [6.07, 6.45) is 1.89. The van der Waals surface area contributed by atoms with E-state index in [0.29, 0.717) is 5.88 Å². The maximum absolute atomic E-state index is 5.71. The van der Waals surface area contributed by atoms with Gasteiger partial charge in [0.25, 0.3) is 0 Å². The minimum Gasteiger partial charge on any atom is -0.437 e. The van der Waals surface area contributed by atoms with E-state index >= 15 is 0 Å². The van der Waals surface area contributed by atoms with Crippen molar-refractivity contribution < 1.29 is 4.74 Å². The first kappa shape index (κ1) is 9.84. The lowest BCUT2D eigenvalue weighted by molar-refractivity contribution is 0.459. The highest BCUT2D eigenvalue weighted by Gasteiger charge is 2.04. The van der Waals surface area contributed by atoms with Crippen molar-refractivity contribution in [1.29, 1.82) is 0 Å². The molecule has 3 rings (SSSR count). The Morgan fingerprint density at radius 3 is 2.82 bits per heavy atom. The number of nitrogens with zero attached hydrogens (tertiary/aromatic N) is 2. The Bertz CT molecular complexity index is 643. The van der Waals surface area contributed by atoms with Crippen LogP contribution in [0.4, 0.5) is 0 Å². The third-order valence-corrected chi connectivity index (χ3v) is 2.54. The number of rotatable bonds is 2. The second kappa shape index (κ2) is 3.90. The normalized spacial score (nSPS) is 10.6. The molecule has 0 unspecified atom stereocenters. The monoisotopic (exact) mass is 225 g/mol. The summed E-state index contributed by atoms with van der Waals surface area (Å²) in [5, 5.41) is 8.98. The molecule has 0 aliphatic carbocycles. The van der Waals surface area contributed by atoms with Gasteiger partial charge in [0.05, 0.1) is 5.69 Å². The van der Waals surface area contributed by atoms with Crippen LogP contribution in [0.5, 0.6) is 11.6 Å². The molecule has 0 aliphatic heterocycles. The predicted octanol–water partition coefficient (Wildman–Crippen LogP) is 3.06. The SMILES string of the molecule is Cc1ccc(Oc2cccc3[nH]ccc23)nn1. The quantitative estimate of drug-likeness (QED) is 0.729. The van der Waals surface area contributed by atoms with Crippen LogP contribution in [0, 0.1) is 6.92 Å². The first-order valence-corrected chi connectivity index (χ1v) is 5.37. The van der Waals surface area contributed by atoms with Crippen LogP contribution < -0.4 is 4.74 Å². The highest BCUT2D eigenvalue weighted by molar-refractivity contribution is 5.85. The van der Waals surface area contributed by atoms with Gasteiger partial charge in [0.1, 0.15) is 5.75 Å². The van der Waals surface area contributed by atoms with E-state index in [0.717, 1.165) is 22.3 Å². The maximum atomic E-state index is 5.71. The summed E-state index contributed by atoms with van der Waals surface area (Å²) < 4.78 is 5.71. The Kier molecular flexibility index (Phi) is 2.26. The highest BCUT2D eigenvalue weighted by Crippen LogP contribution is 2.27. The average molecular weight is 225 g/mol. The molecule has 0 saturated heterocycles. The maximum Gasteiger partial charge on any atom is 0.238 e. The lowest BCUT2D eigenvalue weighted by Crippen LogP contribution is -1.91. The largest absolute Gasteiger partial charge is 0.437 e. The van der Waals surface area contributed by atoms with E-state index in [4.69, 9.17) is 4.74 Å². The Morgan fingerprint density at radius 2 is 2.00 bits per heavy atom. The van der Waals surface area contributed by atoms with Gasteiger partial charge in [0, 0.05) is 23.2 Å². The molecule has 84 valence electrons. The fourth-order valence-electron chi connectivity index (χ4n) is 1.70. The number of aryl methyl sites for hydroxylation is 1. The van der Waals surface area contributed by atoms with Gasteiger partial charge < -0.3 is 9.72 Å². The molecule has 2 heterocycles. The number of aromatic amines is 1. The molecule has 0 aliphatic rings. The molecule has 0 bridgehead atoms. The highest BCUT2D eigenvalue weighted by atomic mass is 16.5. The third kappa shape index (κ3) is 1.85. The van der Waals surface area contributed by atoms with Crippen molar-refractivity contribution in [3.63, 3.8) is 0 Å². The molecular formula is C13H11N3O. The first-order chi connectivity index (χ1) is 8.33. The van der Waals surface area contributed by atoms with Crippen LogP contribution >= 0.6 is 0 Å². The second-order valence-corrected chi connectivity index (χ2v) is 3.81. The van der Waals surface area contributed by atoms with E-state index in [1.807, 2.05) is 49.5 Å². The van der Waals surface area contributed by atoms with Gasteiger partial charge in [0.15, 0.2) is 0 Å². The molecule has 4 nitrogen and oxygen atoms in total. The molecule has 0 amide bonds. The van der Waals surface area contributed by atoms with E-state index < -0.39 is 0 Å². The van der Waals surface area contributed by atoms with E-state index in [1.165, 1.54) is 0 Å². The van der Waals surface area contributed by atoms with Crippen molar-refractivity contribution in [2.24, 2.45) is 0 Å². The molecule has 2 aromatic heterocycles. The van der Waals surface area contributed by atoms with Gasteiger partial charge >= 0.3 is 0 Å². The second-order valence-electron chi connectivity index (χ2n) is 3.81. The average Bonchev–Trinajstić information content (AvgIpc) is 2.81. The van der Waals surface area contributed by atoms with E-state index in [9.17, 15) is 0 Å². The molecule has 0 fully saturated rings. The molecule has 1 N–H and O–H groups in total. The Balaban J connectivity index is 1.99. The number of aromatic nitrogens is 3. The number of fused-ring (bicyclic) bond motifs is 1. The lowest BCUT2D eigenvalue weighted by atomic mass is 10.2. The van der Waals surface area contributed by atoms with Crippen LogP contribution in [-0.4, -0.2) is 15.2 Å². The van der Waals surface area contributed by atoms with Crippen molar-refractivity contribution in [1.82, 2.24) is 15.2 Å². The number of ether oxygens (including phenoxy) is 1. The van der Waals surface area contributed by atoms with Crippen LogP contribution in [0.3, 0.4) is 0 Å². The number of H-pyrrole nitrogens is 1. The number of benzene rings is 1. The summed E-state index contributed by atoms with van der Waals surface area (Å²) >= 11 is 0. The van der Waals surface area contributed by atoms with Gasteiger partial charge in [-0.15, -0.1) is 5.10 Å². The molecule has 0 saturated carbocycles. The summed E-state index contributed by atoms with van der Waals surface area (Å²) in [6.45, 7) is 1.89. The van der Waals surface area contributed by atoms with Crippen molar-refractivity contribution in [2.45, 2.75) is 6.92 Å². The third-order valence-electron chi connectivity index (χ3n) is 2.54. The molecule has 17 heavy (non-hydrogen) atoms. The smallest absolute Gasteiger partial charge is 0.238 e. The molecule has 4 heteroatoms. The van der Waals surface area contributed by atoms with Crippen LogP contribution in [0.15, 0.2) is 42.6 Å². The van der Waals surface area contributed by atoms with Gasteiger partial charge in [-0.2, -0.15) is 5.10 Å². The van der Waals surface area contributed by atoms with Gasteiger partial charge in [-0.05, 0) is 31.2 Å². The predicted molar refractivity (Wildman–Crippen MR) is 65.1 cm³/mol. The van der Waals surface area contributed by atoms with Crippen molar-refractivity contribution in [2.75, 3.05) is 0 Å². The van der Waals surface area contributed by atoms with Gasteiger partial charge in [-0.3, -0.25) is 0 Å². The van der Waals surface area contributed by atoms with E-state index in [2.05, 4.69) is 15.2 Å². The summed E-state index contributed by atoms with van der Waals surface area (Å²) in [6, 6.07) is 11.5. The lowest BCUT2D eigenvalue weighted by Gasteiger charge is -2.05. The fraction of sp³-hybridized carbons (Fsp3) is 0.0769. The molecular weight excluding hydrogens is 214 g/mol. The Morgan fingerprint density at radius 1 is 1.06 bits per heavy atom. The molecule has 0 atom stereocenters. The zero-order valence-electron chi connectivity index (χ0n) is 9.34. The topological polar surface area (TPSA) is 50.8 Å². The zero-order chi connectivity index (χ0) is 11.7. The summed E-state index contributed by atoms with van der Waals surface area (Å²) in [4.78, 5) is 3.14. The molecule has 0 spiro atoms. The van der Waals surface area contributed by atoms with E-state index in [-0.39, 0.29) is 0 Å². The van der Waals surface area contributed by atoms with Crippen LogP contribution in [0.1, 0.15) is 5.69 Å². The van der Waals surface area contributed by atoms with Crippen molar-refractivity contribution in [3.05, 3.63) is 48.3 Å². The number of hydrogen-bond acceptors (Lipinski definition) is 3. The minimum absolute atomic E-state index is 0.504. The number of nitrogens with one attached hydrogen (secondary N) is 1. The molecule has 1 aromatic carbocycles. The van der Waals surface area contributed by atoms with Gasteiger partial charge in [-0.25, -0.2) is 0 Å². The van der Waals surface area contributed by atoms with E-state index in [1.54, 1.807) is 0 Å². The fourth-order valence-corrected chi connectivity index (χ4v) is 1.70. The first-order valence-electron chi connectivity index (χ1n) is 5.37. The van der Waals surface area contributed by atoms with Crippen LogP contribution in [0.2, 0.25) is 0 Å². The summed E-state index contributed by atoms with van der Waals surface area (Å²) in [5.74, 6) is 1.28. The minimum atomic E-state index is 0.504. The zero-order valence-corrected chi connectivity index (χ0v) is 9.34. The van der Waals surface area contributed by atoms with Crippen molar-refractivity contribution in [3.8, 4) is 11.6 Å². The van der Waals surface area contributed by atoms with Crippen molar-refractivity contribution >= 4 is 10.9 Å². The van der Waals surface area contributed by atoms with Crippen LogP contribution in [0.25, 0.3) is 10.9 Å². The Hall–Kier alpha value is -2.36. The summed E-state index contributed by atoms with van der Waals surface area (Å²) in [7, 11) is 0.